The molecule has 3 aromatic rings. The van der Waals surface area contributed by atoms with Gasteiger partial charge in [-0.05, 0) is 48.2 Å². The zero-order valence-electron chi connectivity index (χ0n) is 18.1. The fourth-order valence-electron chi connectivity index (χ4n) is 3.56. The van der Waals surface area contributed by atoms with E-state index in [1.807, 2.05) is 12.1 Å². The molecule has 1 amide bonds. The molecule has 1 heterocycles. The minimum absolute atomic E-state index is 0.209. The summed E-state index contributed by atoms with van der Waals surface area (Å²) in [7, 11) is 0. The van der Waals surface area contributed by atoms with E-state index in [9.17, 15) is 9.18 Å². The summed E-state index contributed by atoms with van der Waals surface area (Å²) < 4.78 is 18.5. The van der Waals surface area contributed by atoms with E-state index >= 15 is 0 Å². The predicted molar refractivity (Wildman–Crippen MR) is 124 cm³/mol. The number of hydrogen-bond donors (Lipinski definition) is 1. The lowest BCUT2D eigenvalue weighted by Gasteiger charge is -2.29. The number of carbonyl (C=O) groups excluding carboxylic acids is 1. The Morgan fingerprint density at radius 1 is 1.03 bits per heavy atom. The molecule has 0 saturated carbocycles. The lowest BCUT2D eigenvalue weighted by Crippen LogP contribution is -2.33. The Bertz CT molecular complexity index is 1040. The lowest BCUT2D eigenvalue weighted by atomic mass is 10.1. The Kier molecular flexibility index (Phi) is 8.67. The molecule has 0 aliphatic carbocycles. The minimum Gasteiger partial charge on any atom is -0.359 e. The molecule has 0 fully saturated rings. The van der Waals surface area contributed by atoms with Crippen molar-refractivity contribution in [3.63, 3.8) is 0 Å². The summed E-state index contributed by atoms with van der Waals surface area (Å²) in [6, 6.07) is 13.6. The molecule has 0 saturated heterocycles. The van der Waals surface area contributed by atoms with Crippen molar-refractivity contribution in [3.8, 4) is 0 Å². The normalized spacial score (nSPS) is 11.3. The van der Waals surface area contributed by atoms with Crippen molar-refractivity contribution in [1.29, 1.82) is 0 Å². The van der Waals surface area contributed by atoms with Crippen LogP contribution in [0.5, 0.6) is 0 Å². The predicted octanol–water partition coefficient (Wildman–Crippen LogP) is 6.24. The molecule has 0 bridgehead atoms. The van der Waals surface area contributed by atoms with E-state index in [-0.39, 0.29) is 24.0 Å². The number of carbonyl (C=O) groups is 1. The zero-order chi connectivity index (χ0) is 23.1. The summed E-state index contributed by atoms with van der Waals surface area (Å²) >= 11 is 12.2. The van der Waals surface area contributed by atoms with Crippen LogP contribution < -0.4 is 5.32 Å². The van der Waals surface area contributed by atoms with Gasteiger partial charge in [-0.25, -0.2) is 4.39 Å². The van der Waals surface area contributed by atoms with Crippen molar-refractivity contribution in [2.45, 2.75) is 52.4 Å². The second-order valence-corrected chi connectivity index (χ2v) is 8.43. The van der Waals surface area contributed by atoms with E-state index < -0.39 is 0 Å². The number of benzene rings is 2. The van der Waals surface area contributed by atoms with Crippen LogP contribution >= 0.6 is 23.2 Å². The van der Waals surface area contributed by atoms with Crippen molar-refractivity contribution in [3.05, 3.63) is 87.0 Å². The fourth-order valence-corrected chi connectivity index (χ4v) is 3.88. The highest BCUT2D eigenvalue weighted by Gasteiger charge is 2.20. The second-order valence-electron chi connectivity index (χ2n) is 7.61. The number of nitrogens with one attached hydrogen (secondary N) is 1. The summed E-state index contributed by atoms with van der Waals surface area (Å²) in [5.41, 5.74) is 2.05. The molecule has 1 N–H and O–H groups in total. The molecule has 32 heavy (non-hydrogen) atoms. The van der Waals surface area contributed by atoms with Crippen LogP contribution in [0.15, 0.2) is 53.1 Å². The first-order valence-electron chi connectivity index (χ1n) is 10.6. The average molecular weight is 478 g/mol. The van der Waals surface area contributed by atoms with Gasteiger partial charge in [-0.2, -0.15) is 0 Å². The van der Waals surface area contributed by atoms with Gasteiger partial charge in [0.05, 0.1) is 16.6 Å². The molecule has 3 rings (SSSR count). The fraction of sp³-hybridized carbons (Fsp3) is 0.333. The molecule has 8 heteroatoms. The standard InChI is InChI=1S/C24H26Cl2FN3O2/c1-3-19(4-2)30(14-17-7-10-21(25)22(26)11-17)15-20-12-23(29-32-20)24(31)28-13-16-5-8-18(27)9-6-16/h5-12,19H,3-4,13-15H2,1-2H3,(H,28,31). The van der Waals surface area contributed by atoms with Gasteiger partial charge in [-0.1, -0.05) is 60.4 Å². The van der Waals surface area contributed by atoms with Crippen molar-refractivity contribution < 1.29 is 13.7 Å². The van der Waals surface area contributed by atoms with Crippen LogP contribution in [0.2, 0.25) is 10.0 Å². The number of amides is 1. The van der Waals surface area contributed by atoms with Gasteiger partial charge in [0.15, 0.2) is 11.5 Å². The number of rotatable bonds is 10. The quantitative estimate of drug-likeness (QED) is 0.375. The van der Waals surface area contributed by atoms with Gasteiger partial charge in [0.2, 0.25) is 0 Å². The topological polar surface area (TPSA) is 58.4 Å². The van der Waals surface area contributed by atoms with Gasteiger partial charge in [-0.3, -0.25) is 9.69 Å². The molecule has 0 spiro atoms. The van der Waals surface area contributed by atoms with Gasteiger partial charge in [0.25, 0.3) is 5.91 Å². The van der Waals surface area contributed by atoms with Crippen LogP contribution in [-0.2, 0) is 19.6 Å². The van der Waals surface area contributed by atoms with E-state index in [0.717, 1.165) is 24.0 Å². The Labute approximate surface area is 197 Å². The maximum atomic E-state index is 13.0. The summed E-state index contributed by atoms with van der Waals surface area (Å²) in [4.78, 5) is 14.7. The van der Waals surface area contributed by atoms with Crippen molar-refractivity contribution in [1.82, 2.24) is 15.4 Å². The first-order valence-corrected chi connectivity index (χ1v) is 11.3. The highest BCUT2D eigenvalue weighted by atomic mass is 35.5. The van der Waals surface area contributed by atoms with Crippen molar-refractivity contribution >= 4 is 29.1 Å². The van der Waals surface area contributed by atoms with E-state index in [0.29, 0.717) is 34.9 Å². The monoisotopic (exact) mass is 477 g/mol. The Morgan fingerprint density at radius 2 is 1.72 bits per heavy atom. The minimum atomic E-state index is -0.345. The molecule has 1 aromatic heterocycles. The van der Waals surface area contributed by atoms with Crippen molar-refractivity contribution in [2.24, 2.45) is 0 Å². The van der Waals surface area contributed by atoms with Gasteiger partial charge in [-0.15, -0.1) is 0 Å². The van der Waals surface area contributed by atoms with Gasteiger partial charge in [0.1, 0.15) is 5.82 Å². The Hall–Kier alpha value is -2.41. The molecule has 0 aliphatic heterocycles. The molecule has 0 atom stereocenters. The Balaban J connectivity index is 1.66. The van der Waals surface area contributed by atoms with Crippen LogP contribution in [0, 0.1) is 5.82 Å². The lowest BCUT2D eigenvalue weighted by molar-refractivity contribution is 0.0941. The van der Waals surface area contributed by atoms with Crippen LogP contribution in [0.1, 0.15) is 54.1 Å². The van der Waals surface area contributed by atoms with E-state index in [1.54, 1.807) is 24.3 Å². The third kappa shape index (κ3) is 6.55. The van der Waals surface area contributed by atoms with E-state index in [1.165, 1.54) is 12.1 Å². The number of hydrogen-bond acceptors (Lipinski definition) is 4. The molecular formula is C24H26Cl2FN3O2. The van der Waals surface area contributed by atoms with E-state index in [2.05, 4.69) is 29.2 Å². The number of halogens is 3. The molecule has 0 unspecified atom stereocenters. The Morgan fingerprint density at radius 3 is 2.38 bits per heavy atom. The van der Waals surface area contributed by atoms with E-state index in [4.69, 9.17) is 27.7 Å². The van der Waals surface area contributed by atoms with Crippen LogP contribution in [0.4, 0.5) is 4.39 Å². The van der Waals surface area contributed by atoms with Crippen LogP contribution in [0.25, 0.3) is 0 Å². The van der Waals surface area contributed by atoms with Crippen LogP contribution in [-0.4, -0.2) is 22.0 Å². The third-order valence-electron chi connectivity index (χ3n) is 5.35. The van der Waals surface area contributed by atoms with Crippen LogP contribution in [0.3, 0.4) is 0 Å². The number of nitrogens with zero attached hydrogens (tertiary/aromatic N) is 2. The maximum absolute atomic E-state index is 13.0. The maximum Gasteiger partial charge on any atom is 0.273 e. The molecule has 0 aliphatic rings. The smallest absolute Gasteiger partial charge is 0.273 e. The highest BCUT2D eigenvalue weighted by molar-refractivity contribution is 6.42. The molecule has 0 radical (unpaired) electrons. The highest BCUT2D eigenvalue weighted by Crippen LogP contribution is 2.25. The first-order chi connectivity index (χ1) is 15.4. The number of aromatic nitrogens is 1. The van der Waals surface area contributed by atoms with Crippen molar-refractivity contribution in [2.75, 3.05) is 0 Å². The van der Waals surface area contributed by atoms with Gasteiger partial charge in [0, 0.05) is 25.2 Å². The average Bonchev–Trinajstić information content (AvgIpc) is 3.25. The summed E-state index contributed by atoms with van der Waals surface area (Å²) in [5.74, 6) is -0.0594. The summed E-state index contributed by atoms with van der Waals surface area (Å²) in [5, 5.41) is 7.75. The zero-order valence-corrected chi connectivity index (χ0v) is 19.6. The molecular weight excluding hydrogens is 452 g/mol. The first kappa shape index (κ1) is 24.2. The second kappa shape index (κ2) is 11.5. The van der Waals surface area contributed by atoms with Gasteiger partial charge < -0.3 is 9.84 Å². The molecule has 5 nitrogen and oxygen atoms in total. The van der Waals surface area contributed by atoms with Gasteiger partial charge >= 0.3 is 0 Å². The summed E-state index contributed by atoms with van der Waals surface area (Å²) in [6.07, 6.45) is 1.94. The third-order valence-corrected chi connectivity index (χ3v) is 6.08. The SMILES string of the molecule is CCC(CC)N(Cc1ccc(Cl)c(Cl)c1)Cc1cc(C(=O)NCc2ccc(F)cc2)no1. The molecule has 2 aromatic carbocycles. The molecule has 170 valence electrons. The summed E-state index contributed by atoms with van der Waals surface area (Å²) in [6.45, 7) is 5.73. The largest absolute Gasteiger partial charge is 0.359 e.